The third-order valence-electron chi connectivity index (χ3n) is 3.99. The molecule has 1 aliphatic rings. The van der Waals surface area contributed by atoms with Gasteiger partial charge >= 0.3 is 0 Å². The van der Waals surface area contributed by atoms with E-state index in [0.29, 0.717) is 25.5 Å². The lowest BCUT2D eigenvalue weighted by molar-refractivity contribution is 0.0948. The molecule has 1 amide bonds. The van der Waals surface area contributed by atoms with Gasteiger partial charge in [0.1, 0.15) is 17.8 Å². The summed E-state index contributed by atoms with van der Waals surface area (Å²) in [7, 11) is 0. The van der Waals surface area contributed by atoms with Crippen molar-refractivity contribution < 1.29 is 9.53 Å². The number of aromatic nitrogens is 2. The number of carbonyl (C=O) groups is 1. The summed E-state index contributed by atoms with van der Waals surface area (Å²) in [4.78, 5) is 22.7. The van der Waals surface area contributed by atoms with Crippen molar-refractivity contribution in [3.05, 3.63) is 54.0 Å². The molecule has 0 spiro atoms. The van der Waals surface area contributed by atoms with Gasteiger partial charge in [-0.1, -0.05) is 30.3 Å². The zero-order valence-corrected chi connectivity index (χ0v) is 13.6. The number of nitrogens with zero attached hydrogens (tertiary/aromatic N) is 3. The van der Waals surface area contributed by atoms with E-state index in [9.17, 15) is 4.79 Å². The summed E-state index contributed by atoms with van der Waals surface area (Å²) < 4.78 is 5.34. The van der Waals surface area contributed by atoms with Crippen LogP contribution in [-0.4, -0.2) is 48.7 Å². The molecule has 0 radical (unpaired) electrons. The third kappa shape index (κ3) is 4.52. The summed E-state index contributed by atoms with van der Waals surface area (Å²) in [6.45, 7) is 3.57. The van der Waals surface area contributed by atoms with E-state index in [1.54, 1.807) is 6.07 Å². The molecule has 0 aliphatic carbocycles. The van der Waals surface area contributed by atoms with Crippen molar-refractivity contribution in [1.29, 1.82) is 0 Å². The van der Waals surface area contributed by atoms with Gasteiger partial charge in [-0.05, 0) is 18.4 Å². The molecule has 6 nitrogen and oxygen atoms in total. The lowest BCUT2D eigenvalue weighted by Crippen LogP contribution is -2.37. The van der Waals surface area contributed by atoms with Crippen molar-refractivity contribution in [3.63, 3.8) is 0 Å². The molecule has 1 N–H and O–H groups in total. The van der Waals surface area contributed by atoms with Crippen LogP contribution in [0.3, 0.4) is 0 Å². The SMILES string of the molecule is O=C(NCCCc1ccccc1)c1cc(N2CCOCC2)ncn1. The maximum Gasteiger partial charge on any atom is 0.270 e. The first-order chi connectivity index (χ1) is 11.8. The summed E-state index contributed by atoms with van der Waals surface area (Å²) in [5, 5.41) is 2.93. The number of hydrogen-bond donors (Lipinski definition) is 1. The van der Waals surface area contributed by atoms with Crippen molar-refractivity contribution in [2.24, 2.45) is 0 Å². The second kappa shape index (κ2) is 8.40. The summed E-state index contributed by atoms with van der Waals surface area (Å²) in [5.41, 5.74) is 1.69. The van der Waals surface area contributed by atoms with Crippen molar-refractivity contribution in [2.75, 3.05) is 37.7 Å². The first kappa shape index (κ1) is 16.4. The predicted octanol–water partition coefficient (Wildman–Crippen LogP) is 1.68. The van der Waals surface area contributed by atoms with Crippen molar-refractivity contribution in [2.45, 2.75) is 12.8 Å². The Morgan fingerprint density at radius 3 is 2.75 bits per heavy atom. The quantitative estimate of drug-likeness (QED) is 0.818. The number of aryl methyl sites for hydroxylation is 1. The van der Waals surface area contributed by atoms with E-state index in [-0.39, 0.29) is 5.91 Å². The number of rotatable bonds is 6. The zero-order valence-electron chi connectivity index (χ0n) is 13.6. The van der Waals surface area contributed by atoms with Crippen molar-refractivity contribution >= 4 is 11.7 Å². The molecule has 2 aromatic rings. The van der Waals surface area contributed by atoms with Crippen LogP contribution in [0.2, 0.25) is 0 Å². The Hall–Kier alpha value is -2.47. The molecule has 0 atom stereocenters. The molecule has 1 aliphatic heterocycles. The van der Waals surface area contributed by atoms with Crippen LogP contribution in [0.4, 0.5) is 5.82 Å². The van der Waals surface area contributed by atoms with E-state index >= 15 is 0 Å². The largest absolute Gasteiger partial charge is 0.378 e. The van der Waals surface area contributed by atoms with Gasteiger partial charge in [0.15, 0.2) is 0 Å². The fourth-order valence-corrected chi connectivity index (χ4v) is 2.67. The monoisotopic (exact) mass is 326 g/mol. The van der Waals surface area contributed by atoms with E-state index in [2.05, 4.69) is 32.3 Å². The summed E-state index contributed by atoms with van der Waals surface area (Å²) in [6, 6.07) is 12.0. The molecular formula is C18H22N4O2. The molecule has 0 bridgehead atoms. The van der Waals surface area contributed by atoms with Crippen LogP contribution in [0.1, 0.15) is 22.5 Å². The number of nitrogens with one attached hydrogen (secondary N) is 1. The topological polar surface area (TPSA) is 67.4 Å². The van der Waals surface area contributed by atoms with Gasteiger partial charge in [0.2, 0.25) is 0 Å². The Labute approximate surface area is 141 Å². The lowest BCUT2D eigenvalue weighted by atomic mass is 10.1. The molecule has 0 saturated carbocycles. The first-order valence-corrected chi connectivity index (χ1v) is 8.30. The molecule has 2 heterocycles. The summed E-state index contributed by atoms with van der Waals surface area (Å²) >= 11 is 0. The average Bonchev–Trinajstić information content (AvgIpc) is 2.67. The number of benzene rings is 1. The molecule has 24 heavy (non-hydrogen) atoms. The molecular weight excluding hydrogens is 304 g/mol. The predicted molar refractivity (Wildman–Crippen MR) is 92.2 cm³/mol. The Morgan fingerprint density at radius 1 is 1.17 bits per heavy atom. The molecule has 1 saturated heterocycles. The van der Waals surface area contributed by atoms with Crippen LogP contribution in [0, 0.1) is 0 Å². The third-order valence-corrected chi connectivity index (χ3v) is 3.99. The van der Waals surface area contributed by atoms with E-state index < -0.39 is 0 Å². The minimum absolute atomic E-state index is 0.153. The lowest BCUT2D eigenvalue weighted by Gasteiger charge is -2.27. The Balaban J connectivity index is 1.49. The maximum absolute atomic E-state index is 12.2. The number of amides is 1. The van der Waals surface area contributed by atoms with Gasteiger partial charge in [-0.2, -0.15) is 0 Å². The van der Waals surface area contributed by atoms with Crippen LogP contribution in [-0.2, 0) is 11.2 Å². The smallest absolute Gasteiger partial charge is 0.270 e. The molecule has 3 rings (SSSR count). The Kier molecular flexibility index (Phi) is 5.74. The van der Waals surface area contributed by atoms with Crippen LogP contribution >= 0.6 is 0 Å². The Morgan fingerprint density at radius 2 is 1.96 bits per heavy atom. The van der Waals surface area contributed by atoms with Gasteiger partial charge in [0.05, 0.1) is 13.2 Å². The highest BCUT2D eigenvalue weighted by Gasteiger charge is 2.15. The number of hydrogen-bond acceptors (Lipinski definition) is 5. The highest BCUT2D eigenvalue weighted by atomic mass is 16.5. The fourth-order valence-electron chi connectivity index (χ4n) is 2.67. The number of morpholine rings is 1. The fraction of sp³-hybridized carbons (Fsp3) is 0.389. The minimum Gasteiger partial charge on any atom is -0.378 e. The standard InChI is InChI=1S/C18H22N4O2/c23-18(19-8-4-7-15-5-2-1-3-6-15)16-13-17(21-14-20-16)22-9-11-24-12-10-22/h1-3,5-6,13-14H,4,7-12H2,(H,19,23). The second-order valence-corrected chi connectivity index (χ2v) is 5.71. The zero-order chi connectivity index (χ0) is 16.6. The molecule has 6 heteroatoms. The van der Waals surface area contributed by atoms with E-state index in [1.165, 1.54) is 11.9 Å². The minimum atomic E-state index is -0.153. The van der Waals surface area contributed by atoms with Crippen LogP contribution < -0.4 is 10.2 Å². The van der Waals surface area contributed by atoms with Crippen molar-refractivity contribution in [3.8, 4) is 0 Å². The van der Waals surface area contributed by atoms with E-state index in [0.717, 1.165) is 31.7 Å². The first-order valence-electron chi connectivity index (χ1n) is 8.30. The number of anilines is 1. The molecule has 1 aromatic heterocycles. The van der Waals surface area contributed by atoms with Crippen molar-refractivity contribution in [1.82, 2.24) is 15.3 Å². The second-order valence-electron chi connectivity index (χ2n) is 5.71. The summed E-state index contributed by atoms with van der Waals surface area (Å²) in [5.74, 6) is 0.628. The Bertz CT molecular complexity index is 657. The summed E-state index contributed by atoms with van der Waals surface area (Å²) in [6.07, 6.45) is 3.30. The van der Waals surface area contributed by atoms with Crippen LogP contribution in [0.25, 0.3) is 0 Å². The molecule has 1 fully saturated rings. The maximum atomic E-state index is 12.2. The highest BCUT2D eigenvalue weighted by molar-refractivity contribution is 5.92. The normalized spacial score (nSPS) is 14.4. The highest BCUT2D eigenvalue weighted by Crippen LogP contribution is 2.12. The van der Waals surface area contributed by atoms with Gasteiger partial charge in [0, 0.05) is 25.7 Å². The molecule has 1 aromatic carbocycles. The molecule has 126 valence electrons. The van der Waals surface area contributed by atoms with Crippen LogP contribution in [0.15, 0.2) is 42.7 Å². The van der Waals surface area contributed by atoms with Gasteiger partial charge < -0.3 is 15.0 Å². The number of ether oxygens (including phenoxy) is 1. The van der Waals surface area contributed by atoms with Gasteiger partial charge in [-0.15, -0.1) is 0 Å². The van der Waals surface area contributed by atoms with Gasteiger partial charge in [0.25, 0.3) is 5.91 Å². The molecule has 0 unspecified atom stereocenters. The van der Waals surface area contributed by atoms with E-state index in [1.807, 2.05) is 18.2 Å². The average molecular weight is 326 g/mol. The number of carbonyl (C=O) groups excluding carboxylic acids is 1. The van der Waals surface area contributed by atoms with Crippen LogP contribution in [0.5, 0.6) is 0 Å². The van der Waals surface area contributed by atoms with Gasteiger partial charge in [-0.25, -0.2) is 9.97 Å². The van der Waals surface area contributed by atoms with Gasteiger partial charge in [-0.3, -0.25) is 4.79 Å². The van der Waals surface area contributed by atoms with E-state index in [4.69, 9.17) is 4.74 Å².